The van der Waals surface area contributed by atoms with Gasteiger partial charge in [0.05, 0.1) is 0 Å². The molecule has 0 saturated carbocycles. The summed E-state index contributed by atoms with van der Waals surface area (Å²) in [5.74, 6) is 0. The lowest BCUT2D eigenvalue weighted by Crippen LogP contribution is -2.53. The lowest BCUT2D eigenvalue weighted by atomic mass is 10.4. The summed E-state index contributed by atoms with van der Waals surface area (Å²) in [6, 6.07) is 0. The van der Waals surface area contributed by atoms with Crippen LogP contribution in [0.25, 0.3) is 0 Å². The molecular formula is C6Br13O. The highest BCUT2D eigenvalue weighted by Crippen LogP contribution is 2.67. The molecule has 0 aromatic heterocycles. The minimum Gasteiger partial charge on any atom is -0.328 e. The first-order chi connectivity index (χ1) is 8.40. The van der Waals surface area contributed by atoms with Crippen LogP contribution in [0.4, 0.5) is 0 Å². The minimum atomic E-state index is -1.10. The van der Waals surface area contributed by atoms with Crippen molar-refractivity contribution in [1.29, 1.82) is 0 Å². The van der Waals surface area contributed by atoms with E-state index in [1.165, 1.54) is 0 Å². The Hall–Kier alpha value is 6.20. The minimum absolute atomic E-state index is 0.589. The Kier molecular flexibility index (Phi) is 12.0. The molecule has 0 aromatic carbocycles. The molecule has 0 bridgehead atoms. The molecule has 1 radical (unpaired) electrons. The Morgan fingerprint density at radius 1 is 0.600 bits per heavy atom. The van der Waals surface area contributed by atoms with Crippen molar-refractivity contribution in [2.45, 2.75) is 15.4 Å². The Morgan fingerprint density at radius 2 is 0.950 bits per heavy atom. The third-order valence-electron chi connectivity index (χ3n) is 1.60. The number of alkyl halides is 11. The van der Waals surface area contributed by atoms with Crippen LogP contribution in [0.5, 0.6) is 0 Å². The molecule has 0 fully saturated rings. The monoisotopic (exact) mass is 1110 g/mol. The molecule has 121 valence electrons. The molecule has 14 heteroatoms. The summed E-state index contributed by atoms with van der Waals surface area (Å²) >= 11 is 45.0. The fourth-order valence-corrected chi connectivity index (χ4v) is 8.15. The van der Waals surface area contributed by atoms with Crippen LogP contribution in [0.2, 0.25) is 0 Å². The third-order valence-corrected chi connectivity index (χ3v) is 19.1. The van der Waals surface area contributed by atoms with Gasteiger partial charge in [-0.15, -0.1) is 0 Å². The van der Waals surface area contributed by atoms with E-state index in [4.69, 9.17) is 4.74 Å². The van der Waals surface area contributed by atoms with Gasteiger partial charge in [0.2, 0.25) is 3.42 Å². The van der Waals surface area contributed by atoms with Crippen LogP contribution in [0.1, 0.15) is 0 Å². The Labute approximate surface area is 226 Å². The molecule has 0 spiro atoms. The highest BCUT2D eigenvalue weighted by Gasteiger charge is 2.64. The van der Waals surface area contributed by atoms with E-state index in [1.54, 1.807) is 0 Å². The van der Waals surface area contributed by atoms with Crippen molar-refractivity contribution in [2.75, 3.05) is 0 Å². The van der Waals surface area contributed by atoms with E-state index >= 15 is 0 Å². The summed E-state index contributed by atoms with van der Waals surface area (Å²) in [6.45, 7) is 0. The van der Waals surface area contributed by atoms with Crippen molar-refractivity contribution in [3.63, 3.8) is 0 Å². The number of hydrogen-bond acceptors (Lipinski definition) is 1. The van der Waals surface area contributed by atoms with Crippen LogP contribution >= 0.6 is 207 Å². The largest absolute Gasteiger partial charge is 0.328 e. The number of ether oxygens (including phenoxy) is 1. The zero-order valence-corrected chi connectivity index (χ0v) is 28.9. The van der Waals surface area contributed by atoms with Gasteiger partial charge in [-0.25, -0.2) is 0 Å². The van der Waals surface area contributed by atoms with Crippen LogP contribution in [-0.4, -0.2) is 15.4 Å². The lowest BCUT2D eigenvalue weighted by molar-refractivity contribution is 0.0345. The van der Waals surface area contributed by atoms with Gasteiger partial charge >= 0.3 is 0 Å². The number of rotatable bonds is 4. The van der Waals surface area contributed by atoms with E-state index in [9.17, 15) is 0 Å². The summed E-state index contributed by atoms with van der Waals surface area (Å²) in [6.07, 6.45) is 0. The summed E-state index contributed by atoms with van der Waals surface area (Å²) in [5.41, 5.74) is 0. The van der Waals surface area contributed by atoms with Crippen LogP contribution in [-0.2, 0) is 4.74 Å². The average molecular weight is 1130 g/mol. The first-order valence-corrected chi connectivity index (χ1v) is 14.2. The SMILES string of the molecule is Br[C](Br)C(Br)(OC(Br)(Br)C(Br)(Br)C(Br)(Br)Br)C(Br)(Br)Br. The molecule has 0 amide bonds. The Balaban J connectivity index is 5.67. The summed E-state index contributed by atoms with van der Waals surface area (Å²) in [7, 11) is 0. The van der Waals surface area contributed by atoms with Gasteiger partial charge in [0, 0.05) is 0 Å². The Morgan fingerprint density at radius 3 is 1.15 bits per heavy atom. The summed E-state index contributed by atoms with van der Waals surface area (Å²) < 4.78 is 2.14. The molecule has 0 heterocycles. The normalized spacial score (nSPS) is 18.3. The number of halogens is 13. The molecular weight excluding hydrogens is 1130 g/mol. The molecule has 0 aliphatic carbocycles. The smallest absolute Gasteiger partial charge is 0.207 e. The lowest BCUT2D eigenvalue weighted by Gasteiger charge is -2.46. The highest BCUT2D eigenvalue weighted by molar-refractivity contribution is 9.42. The van der Waals surface area contributed by atoms with Gasteiger partial charge in [-0.1, -0.05) is 159 Å². The van der Waals surface area contributed by atoms with Gasteiger partial charge in [0.25, 0.3) is 0 Å². The van der Waals surface area contributed by atoms with Gasteiger partial charge in [-0.3, -0.25) is 0 Å². The van der Waals surface area contributed by atoms with Crippen LogP contribution in [0, 0.1) is 3.74 Å². The second-order valence-electron chi connectivity index (χ2n) is 3.04. The molecule has 0 saturated heterocycles. The Bertz CT molecular complexity index is 340. The molecule has 0 rings (SSSR count). The second kappa shape index (κ2) is 9.13. The molecule has 1 atom stereocenters. The topological polar surface area (TPSA) is 9.23 Å². The van der Waals surface area contributed by atoms with E-state index in [0.717, 1.165) is 0 Å². The standard InChI is InChI=1S/C6Br13O/c7-1(8)2(9,4(12,13)14)20-6(18,19)3(10,11)5(15,16)17. The van der Waals surface area contributed by atoms with E-state index in [-0.39, 0.29) is 0 Å². The molecule has 0 aromatic rings. The van der Waals surface area contributed by atoms with Gasteiger partial charge in [-0.05, 0) is 47.8 Å². The maximum absolute atomic E-state index is 6.14. The van der Waals surface area contributed by atoms with E-state index in [0.29, 0.717) is 3.74 Å². The van der Waals surface area contributed by atoms with Crippen molar-refractivity contribution < 1.29 is 4.74 Å². The van der Waals surface area contributed by atoms with Crippen molar-refractivity contribution in [1.82, 2.24) is 0 Å². The fraction of sp³-hybridized carbons (Fsp3) is 0.833. The van der Waals surface area contributed by atoms with E-state index < -0.39 is 15.4 Å². The maximum atomic E-state index is 6.14. The van der Waals surface area contributed by atoms with Gasteiger partial charge in [0.1, 0.15) is 0 Å². The van der Waals surface area contributed by atoms with E-state index in [1.807, 2.05) is 0 Å². The average Bonchev–Trinajstić information content (AvgIpc) is 2.12. The summed E-state index contributed by atoms with van der Waals surface area (Å²) in [4.78, 5) is 0. The van der Waals surface area contributed by atoms with Gasteiger partial charge in [0.15, 0.2) is 15.8 Å². The molecule has 1 nitrogen and oxygen atoms in total. The van der Waals surface area contributed by atoms with Crippen molar-refractivity contribution >= 4 is 207 Å². The van der Waals surface area contributed by atoms with Gasteiger partial charge in [-0.2, -0.15) is 0 Å². The fourth-order valence-electron chi connectivity index (χ4n) is 0.609. The molecule has 0 aliphatic rings. The predicted molar refractivity (Wildman–Crippen MR) is 134 cm³/mol. The van der Waals surface area contributed by atoms with Gasteiger partial charge < -0.3 is 4.74 Å². The zero-order valence-electron chi connectivity index (χ0n) is 8.32. The maximum Gasteiger partial charge on any atom is 0.207 e. The molecule has 20 heavy (non-hydrogen) atoms. The van der Waals surface area contributed by atoms with Crippen LogP contribution < -0.4 is 0 Å². The first kappa shape index (κ1) is 26.2. The van der Waals surface area contributed by atoms with Crippen molar-refractivity contribution in [3.05, 3.63) is 3.74 Å². The molecule has 0 aliphatic heterocycles. The van der Waals surface area contributed by atoms with Crippen LogP contribution in [0.3, 0.4) is 0 Å². The summed E-state index contributed by atoms with van der Waals surface area (Å²) in [5, 5.41) is 0. The number of hydrogen-bond donors (Lipinski definition) is 0. The van der Waals surface area contributed by atoms with Crippen LogP contribution in [0.15, 0.2) is 0 Å². The molecule has 0 N–H and O–H groups in total. The first-order valence-electron chi connectivity index (χ1n) is 3.87. The van der Waals surface area contributed by atoms with Crippen molar-refractivity contribution in [2.24, 2.45) is 0 Å². The molecule has 1 unspecified atom stereocenters. The third kappa shape index (κ3) is 6.38. The highest BCUT2D eigenvalue weighted by atomic mass is 80.0. The second-order valence-corrected chi connectivity index (χ2v) is 27.1. The zero-order chi connectivity index (χ0) is 16.8. The van der Waals surface area contributed by atoms with E-state index in [2.05, 4.69) is 207 Å². The predicted octanol–water partition coefficient (Wildman–Crippen LogP) is 9.98. The quantitative estimate of drug-likeness (QED) is 0.255. The van der Waals surface area contributed by atoms with Crippen molar-refractivity contribution in [3.8, 4) is 0 Å².